The molecular weight excluding hydrogens is 404 g/mol. The second-order valence-electron chi connectivity index (χ2n) is 7.75. The van der Waals surface area contributed by atoms with Gasteiger partial charge in [-0.3, -0.25) is 14.8 Å². The van der Waals surface area contributed by atoms with Crippen LogP contribution < -0.4 is 15.2 Å². The van der Waals surface area contributed by atoms with E-state index in [-0.39, 0.29) is 11.6 Å². The van der Waals surface area contributed by atoms with E-state index in [1.165, 1.54) is 5.56 Å². The zero-order valence-corrected chi connectivity index (χ0v) is 18.4. The molecule has 1 N–H and O–H groups in total. The van der Waals surface area contributed by atoms with Crippen LogP contribution in [0.5, 0.6) is 11.8 Å². The van der Waals surface area contributed by atoms with Gasteiger partial charge in [0.15, 0.2) is 0 Å². The summed E-state index contributed by atoms with van der Waals surface area (Å²) in [5, 5.41) is 0.472. The van der Waals surface area contributed by atoms with Crippen molar-refractivity contribution < 1.29 is 9.47 Å². The summed E-state index contributed by atoms with van der Waals surface area (Å²) in [4.78, 5) is 25.4. The van der Waals surface area contributed by atoms with Gasteiger partial charge in [-0.1, -0.05) is 26.0 Å². The molecule has 0 fully saturated rings. The fourth-order valence-corrected chi connectivity index (χ4v) is 3.45. The molecule has 2 aromatic carbocycles. The molecule has 4 aromatic rings. The molecule has 0 amide bonds. The second-order valence-corrected chi connectivity index (χ2v) is 7.75. The Bertz CT molecular complexity index is 1230. The Hall–Kier alpha value is -3.71. The maximum absolute atomic E-state index is 12.2. The largest absolute Gasteiger partial charge is 0.426 e. The van der Waals surface area contributed by atoms with E-state index in [0.717, 1.165) is 11.4 Å². The Morgan fingerprint density at radius 2 is 1.69 bits per heavy atom. The number of hydrogen-bond donors (Lipinski definition) is 1. The molecule has 2 heterocycles. The summed E-state index contributed by atoms with van der Waals surface area (Å²) >= 11 is 0. The molecule has 7 heteroatoms. The van der Waals surface area contributed by atoms with Gasteiger partial charge in [0.1, 0.15) is 5.75 Å². The van der Waals surface area contributed by atoms with Crippen molar-refractivity contribution in [2.45, 2.75) is 19.8 Å². The lowest BCUT2D eigenvalue weighted by Gasteiger charge is -2.25. The number of aromatic amines is 1. The smallest absolute Gasteiger partial charge is 0.302 e. The van der Waals surface area contributed by atoms with Crippen LogP contribution >= 0.6 is 0 Å². The quantitative estimate of drug-likeness (QED) is 0.423. The number of pyridine rings is 1. The standard InChI is InChI=1S/C25H26N4O3/c1-17(2)18-4-6-19(7-5-18)29(14-15-31-3)20-8-10-21(11-9-20)32-25-27-23-16-26-13-12-22(23)24(30)28-25/h4-13,16-17H,14-15H2,1-3H3,(H,27,28,30). The number of anilines is 2. The van der Waals surface area contributed by atoms with Gasteiger partial charge in [-0.05, 0) is 53.9 Å². The minimum atomic E-state index is -0.264. The van der Waals surface area contributed by atoms with Gasteiger partial charge in [-0.2, -0.15) is 4.98 Å². The second kappa shape index (κ2) is 9.62. The monoisotopic (exact) mass is 430 g/mol. The molecule has 0 unspecified atom stereocenters. The molecule has 164 valence electrons. The van der Waals surface area contributed by atoms with E-state index in [9.17, 15) is 4.79 Å². The summed E-state index contributed by atoms with van der Waals surface area (Å²) < 4.78 is 11.1. The highest BCUT2D eigenvalue weighted by molar-refractivity contribution is 5.76. The van der Waals surface area contributed by atoms with Crippen LogP contribution in [-0.2, 0) is 4.74 Å². The van der Waals surface area contributed by atoms with Gasteiger partial charge in [0.2, 0.25) is 0 Å². The van der Waals surface area contributed by atoms with Crippen molar-refractivity contribution >= 4 is 22.3 Å². The number of hydrogen-bond acceptors (Lipinski definition) is 6. The molecule has 2 aromatic heterocycles. The minimum absolute atomic E-state index is 0.128. The van der Waals surface area contributed by atoms with Crippen molar-refractivity contribution in [3.63, 3.8) is 0 Å². The summed E-state index contributed by atoms with van der Waals surface area (Å²) in [5.74, 6) is 1.06. The van der Waals surface area contributed by atoms with E-state index in [4.69, 9.17) is 9.47 Å². The van der Waals surface area contributed by atoms with Crippen LogP contribution in [0, 0.1) is 0 Å². The predicted molar refractivity (Wildman–Crippen MR) is 126 cm³/mol. The number of aromatic nitrogens is 3. The average molecular weight is 431 g/mol. The van der Waals surface area contributed by atoms with E-state index in [1.807, 2.05) is 24.3 Å². The summed E-state index contributed by atoms with van der Waals surface area (Å²) in [5.41, 5.74) is 3.62. The van der Waals surface area contributed by atoms with E-state index < -0.39 is 0 Å². The van der Waals surface area contributed by atoms with Crippen LogP contribution in [0.2, 0.25) is 0 Å². The Labute approximate surface area is 186 Å². The Morgan fingerprint density at radius 1 is 1.00 bits per heavy atom. The SMILES string of the molecule is COCCN(c1ccc(Oc2nc3cnccc3c(=O)[nH]2)cc1)c1ccc(C(C)C)cc1. The Balaban J connectivity index is 1.57. The molecule has 0 aliphatic rings. The fraction of sp³-hybridized carbons (Fsp3) is 0.240. The number of nitrogens with one attached hydrogen (secondary N) is 1. The van der Waals surface area contributed by atoms with Gasteiger partial charge >= 0.3 is 6.01 Å². The lowest BCUT2D eigenvalue weighted by atomic mass is 10.0. The lowest BCUT2D eigenvalue weighted by Crippen LogP contribution is -2.21. The molecule has 0 saturated heterocycles. The third kappa shape index (κ3) is 4.78. The molecule has 0 saturated carbocycles. The molecule has 0 bridgehead atoms. The molecule has 4 rings (SSSR count). The molecule has 0 aliphatic carbocycles. The maximum atomic E-state index is 12.2. The van der Waals surface area contributed by atoms with Crippen LogP contribution in [0.4, 0.5) is 11.4 Å². The van der Waals surface area contributed by atoms with Crippen molar-refractivity contribution in [1.29, 1.82) is 0 Å². The summed E-state index contributed by atoms with van der Waals surface area (Å²) in [6.07, 6.45) is 3.10. The van der Waals surface area contributed by atoms with Crippen LogP contribution in [0.25, 0.3) is 10.9 Å². The van der Waals surface area contributed by atoms with Crippen molar-refractivity contribution in [2.75, 3.05) is 25.2 Å². The Morgan fingerprint density at radius 3 is 2.34 bits per heavy atom. The third-order valence-electron chi connectivity index (χ3n) is 5.24. The summed E-state index contributed by atoms with van der Waals surface area (Å²) in [7, 11) is 1.70. The highest BCUT2D eigenvalue weighted by Crippen LogP contribution is 2.29. The highest BCUT2D eigenvalue weighted by Gasteiger charge is 2.11. The number of benzene rings is 2. The molecule has 32 heavy (non-hydrogen) atoms. The third-order valence-corrected chi connectivity index (χ3v) is 5.24. The van der Waals surface area contributed by atoms with Crippen molar-refractivity contribution in [3.8, 4) is 11.8 Å². The number of rotatable bonds is 8. The number of nitrogens with zero attached hydrogens (tertiary/aromatic N) is 3. The fourth-order valence-electron chi connectivity index (χ4n) is 3.45. The van der Waals surface area contributed by atoms with E-state index in [2.05, 4.69) is 58.0 Å². The molecular formula is C25H26N4O3. The van der Waals surface area contributed by atoms with Crippen LogP contribution in [-0.4, -0.2) is 35.2 Å². The first-order valence-electron chi connectivity index (χ1n) is 10.5. The topological polar surface area (TPSA) is 80.3 Å². The van der Waals surface area contributed by atoms with Crippen molar-refractivity contribution in [1.82, 2.24) is 15.0 Å². The van der Waals surface area contributed by atoms with Gasteiger partial charge in [0.05, 0.1) is 23.7 Å². The first kappa shape index (κ1) is 21.5. The van der Waals surface area contributed by atoms with E-state index in [0.29, 0.717) is 35.7 Å². The van der Waals surface area contributed by atoms with Crippen LogP contribution in [0.15, 0.2) is 71.8 Å². The minimum Gasteiger partial charge on any atom is -0.426 e. The molecule has 0 spiro atoms. The number of methoxy groups -OCH3 is 1. The zero-order chi connectivity index (χ0) is 22.5. The molecule has 7 nitrogen and oxygen atoms in total. The van der Waals surface area contributed by atoms with Gasteiger partial charge < -0.3 is 14.4 Å². The van der Waals surface area contributed by atoms with Crippen LogP contribution in [0.3, 0.4) is 0 Å². The van der Waals surface area contributed by atoms with E-state index >= 15 is 0 Å². The van der Waals surface area contributed by atoms with Gasteiger partial charge in [0, 0.05) is 31.2 Å². The normalized spacial score (nSPS) is 11.1. The predicted octanol–water partition coefficient (Wildman–Crippen LogP) is 5.02. The molecule has 0 radical (unpaired) electrons. The average Bonchev–Trinajstić information content (AvgIpc) is 2.81. The molecule has 0 aliphatic heterocycles. The van der Waals surface area contributed by atoms with Gasteiger partial charge in [-0.25, -0.2) is 0 Å². The summed E-state index contributed by atoms with van der Waals surface area (Å²) in [6, 6.07) is 18.0. The van der Waals surface area contributed by atoms with Crippen molar-refractivity contribution in [2.24, 2.45) is 0 Å². The summed E-state index contributed by atoms with van der Waals surface area (Å²) in [6.45, 7) is 5.68. The zero-order valence-electron chi connectivity index (χ0n) is 18.4. The molecule has 0 atom stereocenters. The van der Waals surface area contributed by atoms with Gasteiger partial charge in [-0.15, -0.1) is 0 Å². The first-order chi connectivity index (χ1) is 15.5. The van der Waals surface area contributed by atoms with Gasteiger partial charge in [0.25, 0.3) is 5.56 Å². The lowest BCUT2D eigenvalue weighted by molar-refractivity contribution is 0.207. The number of fused-ring (bicyclic) bond motifs is 1. The highest BCUT2D eigenvalue weighted by atomic mass is 16.5. The Kier molecular flexibility index (Phi) is 6.47. The van der Waals surface area contributed by atoms with Crippen LogP contribution in [0.1, 0.15) is 25.3 Å². The van der Waals surface area contributed by atoms with E-state index in [1.54, 1.807) is 25.6 Å². The number of ether oxygens (including phenoxy) is 2. The van der Waals surface area contributed by atoms with Crippen molar-refractivity contribution in [3.05, 3.63) is 82.9 Å². The first-order valence-corrected chi connectivity index (χ1v) is 10.5. The number of H-pyrrole nitrogens is 1. The maximum Gasteiger partial charge on any atom is 0.302 e.